The van der Waals surface area contributed by atoms with Crippen molar-refractivity contribution in [2.45, 2.75) is 26.3 Å². The average molecular weight is 284 g/mol. The van der Waals surface area contributed by atoms with Gasteiger partial charge < -0.3 is 4.74 Å². The van der Waals surface area contributed by atoms with Crippen LogP contribution in [0.1, 0.15) is 19.4 Å². The standard InChI is InChI=1S/C10H11BBrNO3/c1-6-4-8(13(14)15)9(5-7(6)12)16-10(2,3)11/h4-5H,1-3H3. The lowest BCUT2D eigenvalue weighted by Gasteiger charge is -2.22. The Kier molecular flexibility index (Phi) is 3.63. The van der Waals surface area contributed by atoms with Gasteiger partial charge in [0, 0.05) is 16.6 Å². The van der Waals surface area contributed by atoms with E-state index in [9.17, 15) is 10.1 Å². The molecule has 0 bridgehead atoms. The number of benzene rings is 1. The first-order valence-corrected chi connectivity index (χ1v) is 5.42. The van der Waals surface area contributed by atoms with Crippen LogP contribution in [0.4, 0.5) is 5.69 Å². The number of rotatable bonds is 3. The van der Waals surface area contributed by atoms with Crippen LogP contribution in [0.15, 0.2) is 16.6 Å². The normalized spacial score (nSPS) is 11.2. The third-order valence-corrected chi connectivity index (χ3v) is 2.66. The predicted octanol–water partition coefficient (Wildman–Crippen LogP) is 2.95. The van der Waals surface area contributed by atoms with E-state index < -0.39 is 10.4 Å². The van der Waals surface area contributed by atoms with E-state index in [-0.39, 0.29) is 11.4 Å². The zero-order valence-corrected chi connectivity index (χ0v) is 10.9. The molecular weight excluding hydrogens is 273 g/mol. The van der Waals surface area contributed by atoms with Gasteiger partial charge in [-0.3, -0.25) is 10.1 Å². The fourth-order valence-corrected chi connectivity index (χ4v) is 1.48. The number of hydrogen-bond acceptors (Lipinski definition) is 3. The monoisotopic (exact) mass is 283 g/mol. The molecule has 0 unspecified atom stereocenters. The molecular formula is C10H11BBrNO3. The molecule has 0 aliphatic heterocycles. The van der Waals surface area contributed by atoms with E-state index in [4.69, 9.17) is 12.6 Å². The van der Waals surface area contributed by atoms with Gasteiger partial charge in [-0.2, -0.15) is 0 Å². The van der Waals surface area contributed by atoms with Crippen LogP contribution >= 0.6 is 15.9 Å². The van der Waals surface area contributed by atoms with Crippen molar-refractivity contribution < 1.29 is 9.66 Å². The summed E-state index contributed by atoms with van der Waals surface area (Å²) in [5, 5.41) is 10.8. The van der Waals surface area contributed by atoms with Gasteiger partial charge in [0.25, 0.3) is 0 Å². The van der Waals surface area contributed by atoms with Gasteiger partial charge in [-0.15, -0.1) is 0 Å². The van der Waals surface area contributed by atoms with Gasteiger partial charge in [0.1, 0.15) is 7.85 Å². The van der Waals surface area contributed by atoms with E-state index in [1.54, 1.807) is 26.8 Å². The van der Waals surface area contributed by atoms with E-state index in [1.807, 2.05) is 0 Å². The van der Waals surface area contributed by atoms with Gasteiger partial charge >= 0.3 is 5.69 Å². The van der Waals surface area contributed by atoms with Crippen molar-refractivity contribution in [2.75, 3.05) is 0 Å². The van der Waals surface area contributed by atoms with Gasteiger partial charge in [-0.1, -0.05) is 15.9 Å². The molecule has 0 aromatic heterocycles. The molecule has 0 saturated carbocycles. The van der Waals surface area contributed by atoms with Crippen LogP contribution in [0.5, 0.6) is 5.75 Å². The van der Waals surface area contributed by atoms with Crippen LogP contribution in [0.3, 0.4) is 0 Å². The zero-order chi connectivity index (χ0) is 12.5. The van der Waals surface area contributed by atoms with E-state index in [0.717, 1.165) is 10.0 Å². The van der Waals surface area contributed by atoms with Gasteiger partial charge in [0.05, 0.1) is 10.4 Å². The SMILES string of the molecule is [B]C(C)(C)Oc1cc(Br)c(C)cc1[N+](=O)[O-]. The first-order valence-electron chi connectivity index (χ1n) is 4.63. The molecule has 84 valence electrons. The minimum Gasteiger partial charge on any atom is -0.491 e. The van der Waals surface area contributed by atoms with Gasteiger partial charge in [-0.05, 0) is 26.3 Å². The van der Waals surface area contributed by atoms with Gasteiger partial charge in [0.15, 0.2) is 5.75 Å². The molecule has 0 spiro atoms. The molecule has 2 radical (unpaired) electrons. The first kappa shape index (κ1) is 13.0. The number of ether oxygens (including phenoxy) is 1. The van der Waals surface area contributed by atoms with E-state index in [0.29, 0.717) is 0 Å². The molecule has 1 aromatic carbocycles. The van der Waals surface area contributed by atoms with E-state index in [2.05, 4.69) is 15.9 Å². The maximum atomic E-state index is 10.8. The Morgan fingerprint density at radius 2 is 2.06 bits per heavy atom. The summed E-state index contributed by atoms with van der Waals surface area (Å²) in [6, 6.07) is 3.01. The topological polar surface area (TPSA) is 52.4 Å². The minimum absolute atomic E-state index is 0.0841. The fraction of sp³-hybridized carbons (Fsp3) is 0.400. The van der Waals surface area contributed by atoms with E-state index >= 15 is 0 Å². The molecule has 16 heavy (non-hydrogen) atoms. The van der Waals surface area contributed by atoms with Crippen molar-refractivity contribution >= 4 is 29.5 Å². The van der Waals surface area contributed by atoms with Gasteiger partial charge in [0.2, 0.25) is 0 Å². The molecule has 0 aliphatic rings. The smallest absolute Gasteiger partial charge is 0.311 e. The Bertz CT molecular complexity index is 429. The van der Waals surface area contributed by atoms with Crippen LogP contribution in [0, 0.1) is 17.0 Å². The molecule has 0 atom stereocenters. The number of hydrogen-bond donors (Lipinski definition) is 0. The summed E-state index contributed by atoms with van der Waals surface area (Å²) in [6.07, 6.45) is 0. The van der Waals surface area contributed by atoms with Crippen molar-refractivity contribution in [3.63, 3.8) is 0 Å². The Labute approximate surface area is 104 Å². The van der Waals surface area contributed by atoms with Crippen LogP contribution in [0.2, 0.25) is 0 Å². The van der Waals surface area contributed by atoms with Crippen molar-refractivity contribution in [3.8, 4) is 5.75 Å². The van der Waals surface area contributed by atoms with Crippen molar-refractivity contribution in [2.24, 2.45) is 0 Å². The quantitative estimate of drug-likeness (QED) is 0.487. The van der Waals surface area contributed by atoms with Crippen LogP contribution in [-0.2, 0) is 0 Å². The molecule has 0 amide bonds. The van der Waals surface area contributed by atoms with Crippen molar-refractivity contribution in [1.29, 1.82) is 0 Å². The maximum Gasteiger partial charge on any atom is 0.311 e. The predicted molar refractivity (Wildman–Crippen MR) is 66.0 cm³/mol. The summed E-state index contributed by atoms with van der Waals surface area (Å²) in [7, 11) is 5.66. The molecule has 0 N–H and O–H groups in total. The Morgan fingerprint density at radius 1 is 1.50 bits per heavy atom. The Morgan fingerprint density at radius 3 is 2.50 bits per heavy atom. The summed E-state index contributed by atoms with van der Waals surface area (Å²) in [5.74, 6) is 0.162. The molecule has 4 nitrogen and oxygen atoms in total. The third-order valence-electron chi connectivity index (χ3n) is 1.81. The van der Waals surface area contributed by atoms with Crippen LogP contribution < -0.4 is 4.74 Å². The summed E-state index contributed by atoms with van der Waals surface area (Å²) in [4.78, 5) is 10.4. The average Bonchev–Trinajstić information content (AvgIpc) is 2.07. The third kappa shape index (κ3) is 3.23. The Hall–Kier alpha value is -1.04. The number of nitrogens with zero attached hydrogens (tertiary/aromatic N) is 1. The molecule has 0 fully saturated rings. The van der Waals surface area contributed by atoms with Crippen molar-refractivity contribution in [3.05, 3.63) is 32.3 Å². The van der Waals surface area contributed by atoms with Crippen LogP contribution in [0.25, 0.3) is 0 Å². The molecule has 1 rings (SSSR count). The van der Waals surface area contributed by atoms with Crippen molar-refractivity contribution in [1.82, 2.24) is 0 Å². The number of nitro benzene ring substituents is 1. The Balaban J connectivity index is 3.25. The molecule has 0 heterocycles. The summed E-state index contributed by atoms with van der Waals surface area (Å²) >= 11 is 3.29. The van der Waals surface area contributed by atoms with Gasteiger partial charge in [-0.25, -0.2) is 0 Å². The number of aryl methyl sites for hydroxylation is 1. The maximum absolute atomic E-state index is 10.8. The lowest BCUT2D eigenvalue weighted by Crippen LogP contribution is -2.28. The summed E-state index contributed by atoms with van der Waals surface area (Å²) < 4.78 is 6.08. The largest absolute Gasteiger partial charge is 0.491 e. The zero-order valence-electron chi connectivity index (χ0n) is 9.28. The fourth-order valence-electron chi connectivity index (χ4n) is 1.16. The first-order chi connectivity index (χ1) is 7.20. The van der Waals surface area contributed by atoms with Crippen LogP contribution in [-0.4, -0.2) is 18.3 Å². The molecule has 0 aliphatic carbocycles. The lowest BCUT2D eigenvalue weighted by atomic mass is 9.86. The highest BCUT2D eigenvalue weighted by Gasteiger charge is 2.21. The lowest BCUT2D eigenvalue weighted by molar-refractivity contribution is -0.386. The summed E-state index contributed by atoms with van der Waals surface area (Å²) in [6.45, 7) is 5.03. The highest BCUT2D eigenvalue weighted by Crippen LogP contribution is 2.34. The number of halogens is 1. The van der Waals surface area contributed by atoms with E-state index in [1.165, 1.54) is 6.07 Å². The molecule has 0 saturated heterocycles. The second-order valence-corrected chi connectivity index (χ2v) is 4.89. The molecule has 1 aromatic rings. The number of nitro groups is 1. The molecule has 6 heteroatoms. The second-order valence-electron chi connectivity index (χ2n) is 4.03. The second kappa shape index (κ2) is 4.45. The highest BCUT2D eigenvalue weighted by atomic mass is 79.9. The summed E-state index contributed by atoms with van der Waals surface area (Å²) in [5.41, 5.74) is -0.271. The minimum atomic E-state index is -0.959. The highest BCUT2D eigenvalue weighted by molar-refractivity contribution is 9.10.